The van der Waals surface area contributed by atoms with Crippen LogP contribution in [0.5, 0.6) is 0 Å². The molecule has 1 rings (SSSR count). The van der Waals surface area contributed by atoms with Gasteiger partial charge in [0, 0.05) is 19.5 Å². The molecule has 0 saturated carbocycles. The molecular weight excluding hydrogens is 336 g/mol. The number of benzene rings is 1. The van der Waals surface area contributed by atoms with E-state index in [1.54, 1.807) is 4.90 Å². The minimum atomic E-state index is -3.15. The average Bonchev–Trinajstić information content (AvgIpc) is 2.61. The predicted molar refractivity (Wildman–Crippen MR) is 103 cm³/mol. The van der Waals surface area contributed by atoms with Gasteiger partial charge in [-0.15, -0.1) is 0 Å². The Kier molecular flexibility index (Phi) is 9.75. The fraction of sp³-hybridized carbons (Fsp3) is 0.632. The van der Waals surface area contributed by atoms with Crippen LogP contribution in [0.15, 0.2) is 24.3 Å². The van der Waals surface area contributed by atoms with Crippen molar-refractivity contribution in [3.63, 3.8) is 0 Å². The highest BCUT2D eigenvalue weighted by molar-refractivity contribution is 7.91. The Labute approximate surface area is 152 Å². The molecule has 1 aromatic carbocycles. The summed E-state index contributed by atoms with van der Waals surface area (Å²) >= 11 is 0. The highest BCUT2D eigenvalue weighted by atomic mass is 32.2. The van der Waals surface area contributed by atoms with Crippen molar-refractivity contribution in [2.24, 2.45) is 5.73 Å². The Balaban J connectivity index is 2.71. The molecule has 0 spiro atoms. The summed E-state index contributed by atoms with van der Waals surface area (Å²) in [5.41, 5.74) is 7.88. The van der Waals surface area contributed by atoms with Crippen LogP contribution in [0.4, 0.5) is 0 Å². The van der Waals surface area contributed by atoms with Crippen LogP contribution < -0.4 is 5.73 Å². The Bertz CT molecular complexity index is 629. The van der Waals surface area contributed by atoms with Crippen LogP contribution in [-0.2, 0) is 27.6 Å². The van der Waals surface area contributed by atoms with Crippen LogP contribution in [0, 0.1) is 0 Å². The van der Waals surface area contributed by atoms with Gasteiger partial charge in [0.05, 0.1) is 11.5 Å². The second-order valence-electron chi connectivity index (χ2n) is 6.39. The lowest BCUT2D eigenvalue weighted by atomic mass is 10.1. The highest BCUT2D eigenvalue weighted by Crippen LogP contribution is 2.11. The van der Waals surface area contributed by atoms with Gasteiger partial charge < -0.3 is 10.6 Å². The van der Waals surface area contributed by atoms with E-state index in [1.807, 2.05) is 19.1 Å². The third kappa shape index (κ3) is 8.50. The third-order valence-corrected chi connectivity index (χ3v) is 5.93. The summed E-state index contributed by atoms with van der Waals surface area (Å²) in [5.74, 6) is -0.0200. The molecule has 0 bridgehead atoms. The molecule has 2 N–H and O–H groups in total. The number of hydrogen-bond acceptors (Lipinski definition) is 4. The molecule has 0 aliphatic carbocycles. The van der Waals surface area contributed by atoms with Gasteiger partial charge in [-0.25, -0.2) is 8.42 Å². The number of nitrogens with two attached hydrogens (primary N) is 1. The monoisotopic (exact) mass is 368 g/mol. The first-order chi connectivity index (χ1) is 11.9. The lowest BCUT2D eigenvalue weighted by Gasteiger charge is -2.23. The molecule has 142 valence electrons. The zero-order chi connectivity index (χ0) is 18.7. The Morgan fingerprint density at radius 1 is 1.12 bits per heavy atom. The maximum absolute atomic E-state index is 12.5. The number of nitrogens with zero attached hydrogens (tertiary/aromatic N) is 1. The van der Waals surface area contributed by atoms with Crippen molar-refractivity contribution in [2.45, 2.75) is 52.5 Å². The number of carbonyl (C=O) groups is 1. The Morgan fingerprint density at radius 3 is 2.48 bits per heavy atom. The van der Waals surface area contributed by atoms with Gasteiger partial charge in [0.2, 0.25) is 5.91 Å². The van der Waals surface area contributed by atoms with Gasteiger partial charge >= 0.3 is 0 Å². The number of rotatable bonds is 12. The van der Waals surface area contributed by atoms with E-state index in [9.17, 15) is 13.2 Å². The molecule has 5 nitrogen and oxygen atoms in total. The number of amides is 1. The summed E-state index contributed by atoms with van der Waals surface area (Å²) in [6, 6.07) is 8.16. The second-order valence-corrected chi connectivity index (χ2v) is 8.69. The van der Waals surface area contributed by atoms with Gasteiger partial charge in [-0.05, 0) is 36.9 Å². The SMILES string of the molecule is CCCCS(=O)(=O)CCC(=O)N(CCCN)Cc1cccc(CC)c1. The molecule has 6 heteroatoms. The Morgan fingerprint density at radius 2 is 1.84 bits per heavy atom. The van der Waals surface area contributed by atoms with E-state index < -0.39 is 9.84 Å². The first-order valence-electron chi connectivity index (χ1n) is 9.18. The van der Waals surface area contributed by atoms with E-state index in [-0.39, 0.29) is 23.8 Å². The Hall–Kier alpha value is -1.40. The fourth-order valence-electron chi connectivity index (χ4n) is 2.61. The topological polar surface area (TPSA) is 80.5 Å². The molecule has 1 aromatic rings. The molecule has 0 atom stereocenters. The molecule has 0 heterocycles. The van der Waals surface area contributed by atoms with Gasteiger partial charge in [0.15, 0.2) is 9.84 Å². The summed E-state index contributed by atoms with van der Waals surface area (Å²) < 4.78 is 24.0. The number of carbonyl (C=O) groups excluding carboxylic acids is 1. The van der Waals surface area contributed by atoms with Gasteiger partial charge in [-0.1, -0.05) is 44.5 Å². The van der Waals surface area contributed by atoms with Crippen LogP contribution in [0.2, 0.25) is 0 Å². The molecule has 0 aliphatic rings. The largest absolute Gasteiger partial charge is 0.338 e. The molecule has 0 saturated heterocycles. The van der Waals surface area contributed by atoms with Gasteiger partial charge in [-0.3, -0.25) is 4.79 Å². The lowest BCUT2D eigenvalue weighted by Crippen LogP contribution is -2.33. The van der Waals surface area contributed by atoms with E-state index >= 15 is 0 Å². The summed E-state index contributed by atoms with van der Waals surface area (Å²) in [4.78, 5) is 14.3. The smallest absolute Gasteiger partial charge is 0.223 e. The van der Waals surface area contributed by atoms with E-state index in [4.69, 9.17) is 5.73 Å². The minimum absolute atomic E-state index is 0.0457. The molecule has 25 heavy (non-hydrogen) atoms. The molecule has 0 fully saturated rings. The van der Waals surface area contributed by atoms with Crippen molar-refractivity contribution in [1.29, 1.82) is 0 Å². The summed E-state index contributed by atoms with van der Waals surface area (Å²) in [7, 11) is -3.15. The van der Waals surface area contributed by atoms with Gasteiger partial charge in [-0.2, -0.15) is 0 Å². The maximum Gasteiger partial charge on any atom is 0.223 e. The van der Waals surface area contributed by atoms with E-state index in [1.165, 1.54) is 5.56 Å². The van der Waals surface area contributed by atoms with E-state index in [0.717, 1.165) is 18.4 Å². The van der Waals surface area contributed by atoms with E-state index in [0.29, 0.717) is 32.5 Å². The standard InChI is InChI=1S/C19H32N2O3S/c1-3-5-13-25(23,24)14-10-19(22)21(12-7-11-20)16-18-9-6-8-17(4-2)15-18/h6,8-9,15H,3-5,7,10-14,16,20H2,1-2H3. The summed E-state index contributed by atoms with van der Waals surface area (Å²) in [6.45, 7) is 5.62. The molecule has 0 aromatic heterocycles. The highest BCUT2D eigenvalue weighted by Gasteiger charge is 2.18. The van der Waals surface area contributed by atoms with Crippen molar-refractivity contribution in [3.8, 4) is 0 Å². The zero-order valence-electron chi connectivity index (χ0n) is 15.5. The van der Waals surface area contributed by atoms with Crippen molar-refractivity contribution in [2.75, 3.05) is 24.6 Å². The number of unbranched alkanes of at least 4 members (excludes halogenated alkanes) is 1. The number of sulfone groups is 1. The first-order valence-corrected chi connectivity index (χ1v) is 11.0. The van der Waals surface area contributed by atoms with Crippen molar-refractivity contribution >= 4 is 15.7 Å². The quantitative estimate of drug-likeness (QED) is 0.615. The van der Waals surface area contributed by atoms with Crippen LogP contribution >= 0.6 is 0 Å². The van der Waals surface area contributed by atoms with Crippen LogP contribution in [-0.4, -0.2) is 43.8 Å². The van der Waals surface area contributed by atoms with Gasteiger partial charge in [0.25, 0.3) is 0 Å². The molecule has 0 aliphatic heterocycles. The molecule has 0 radical (unpaired) electrons. The second kappa shape index (κ2) is 11.3. The molecular formula is C19H32N2O3S. The van der Waals surface area contributed by atoms with Crippen LogP contribution in [0.25, 0.3) is 0 Å². The number of aryl methyl sites for hydroxylation is 1. The van der Waals surface area contributed by atoms with Crippen LogP contribution in [0.3, 0.4) is 0 Å². The van der Waals surface area contributed by atoms with Crippen molar-refractivity contribution in [3.05, 3.63) is 35.4 Å². The summed E-state index contributed by atoms with van der Waals surface area (Å²) in [5, 5.41) is 0. The fourth-order valence-corrected chi connectivity index (χ4v) is 4.03. The predicted octanol–water partition coefficient (Wildman–Crippen LogP) is 2.53. The first kappa shape index (κ1) is 21.6. The lowest BCUT2D eigenvalue weighted by molar-refractivity contribution is -0.131. The molecule has 0 unspecified atom stereocenters. The number of hydrogen-bond donors (Lipinski definition) is 1. The normalized spacial score (nSPS) is 11.5. The zero-order valence-corrected chi connectivity index (χ0v) is 16.4. The minimum Gasteiger partial charge on any atom is -0.338 e. The maximum atomic E-state index is 12.5. The third-order valence-electron chi connectivity index (χ3n) is 4.19. The van der Waals surface area contributed by atoms with E-state index in [2.05, 4.69) is 19.1 Å². The molecule has 1 amide bonds. The summed E-state index contributed by atoms with van der Waals surface area (Å²) in [6.07, 6.45) is 3.19. The van der Waals surface area contributed by atoms with Crippen molar-refractivity contribution in [1.82, 2.24) is 4.90 Å². The van der Waals surface area contributed by atoms with Crippen molar-refractivity contribution < 1.29 is 13.2 Å². The van der Waals surface area contributed by atoms with Gasteiger partial charge in [0.1, 0.15) is 0 Å². The average molecular weight is 369 g/mol. The van der Waals surface area contributed by atoms with Crippen LogP contribution in [0.1, 0.15) is 50.7 Å².